The van der Waals surface area contributed by atoms with Crippen LogP contribution in [0.5, 0.6) is 0 Å². The molecule has 3 aromatic carbocycles. The summed E-state index contributed by atoms with van der Waals surface area (Å²) in [4.78, 5) is 12.8. The van der Waals surface area contributed by atoms with E-state index in [4.69, 9.17) is 0 Å². The van der Waals surface area contributed by atoms with Gasteiger partial charge in [-0.05, 0) is 73.7 Å². The first-order chi connectivity index (χ1) is 14.4. The Morgan fingerprint density at radius 3 is 2.37 bits per heavy atom. The predicted octanol–water partition coefficient (Wildman–Crippen LogP) is 4.60. The van der Waals surface area contributed by atoms with Crippen LogP contribution in [0.1, 0.15) is 45.9 Å². The van der Waals surface area contributed by atoms with Crippen molar-refractivity contribution < 1.29 is 13.2 Å². The van der Waals surface area contributed by atoms with Crippen LogP contribution in [0, 0.1) is 6.92 Å². The van der Waals surface area contributed by atoms with Crippen LogP contribution in [0.2, 0.25) is 0 Å². The highest BCUT2D eigenvalue weighted by Gasteiger charge is 2.22. The van der Waals surface area contributed by atoms with Gasteiger partial charge in [-0.1, -0.05) is 42.0 Å². The number of carbonyl (C=O) groups is 1. The normalized spacial score (nSPS) is 15.8. The molecule has 6 heteroatoms. The molecule has 0 aliphatic heterocycles. The molecule has 0 bridgehead atoms. The molecular weight excluding hydrogens is 396 g/mol. The number of fused-ring (bicyclic) bond motifs is 1. The average Bonchev–Trinajstić information content (AvgIpc) is 2.75. The van der Waals surface area contributed by atoms with E-state index in [-0.39, 0.29) is 16.8 Å². The zero-order chi connectivity index (χ0) is 21.1. The summed E-state index contributed by atoms with van der Waals surface area (Å²) in [5.74, 6) is -0.202. The van der Waals surface area contributed by atoms with Crippen LogP contribution in [-0.2, 0) is 16.4 Å². The molecular formula is C24H24N2O3S. The van der Waals surface area contributed by atoms with E-state index < -0.39 is 10.0 Å². The first kappa shape index (κ1) is 20.2. The monoisotopic (exact) mass is 420 g/mol. The summed E-state index contributed by atoms with van der Waals surface area (Å²) in [5.41, 5.74) is 4.43. The van der Waals surface area contributed by atoms with Crippen molar-refractivity contribution >= 4 is 21.6 Å². The fourth-order valence-electron chi connectivity index (χ4n) is 3.77. The predicted molar refractivity (Wildman–Crippen MR) is 118 cm³/mol. The largest absolute Gasteiger partial charge is 0.345 e. The summed E-state index contributed by atoms with van der Waals surface area (Å²) >= 11 is 0. The highest BCUT2D eigenvalue weighted by Crippen LogP contribution is 2.29. The number of aryl methyl sites for hydroxylation is 2. The summed E-state index contributed by atoms with van der Waals surface area (Å²) in [6.07, 6.45) is 2.96. The highest BCUT2D eigenvalue weighted by atomic mass is 32.2. The Kier molecular flexibility index (Phi) is 5.59. The lowest BCUT2D eigenvalue weighted by atomic mass is 9.87. The maximum Gasteiger partial charge on any atom is 0.261 e. The summed E-state index contributed by atoms with van der Waals surface area (Å²) < 4.78 is 27.8. The quantitative estimate of drug-likeness (QED) is 0.633. The average molecular weight is 421 g/mol. The van der Waals surface area contributed by atoms with Crippen molar-refractivity contribution in [1.29, 1.82) is 0 Å². The van der Waals surface area contributed by atoms with Crippen LogP contribution in [-0.4, -0.2) is 14.3 Å². The van der Waals surface area contributed by atoms with Gasteiger partial charge in [0.15, 0.2) is 0 Å². The lowest BCUT2D eigenvalue weighted by Gasteiger charge is -2.26. The lowest BCUT2D eigenvalue weighted by Crippen LogP contribution is -2.31. The third-order valence-corrected chi connectivity index (χ3v) is 6.80. The fourth-order valence-corrected chi connectivity index (χ4v) is 4.83. The van der Waals surface area contributed by atoms with Crippen molar-refractivity contribution in [3.8, 4) is 0 Å². The van der Waals surface area contributed by atoms with Crippen molar-refractivity contribution in [3.63, 3.8) is 0 Å². The first-order valence-corrected chi connectivity index (χ1v) is 11.5. The smallest absolute Gasteiger partial charge is 0.261 e. The van der Waals surface area contributed by atoms with E-state index in [9.17, 15) is 13.2 Å². The number of carbonyl (C=O) groups excluding carboxylic acids is 1. The number of sulfonamides is 1. The summed E-state index contributed by atoms with van der Waals surface area (Å²) in [6, 6.07) is 21.3. The molecule has 0 aromatic heterocycles. The van der Waals surface area contributed by atoms with Crippen LogP contribution in [0.25, 0.3) is 0 Å². The Morgan fingerprint density at radius 2 is 1.63 bits per heavy atom. The summed E-state index contributed by atoms with van der Waals surface area (Å²) in [6.45, 7) is 1.94. The Labute approximate surface area is 177 Å². The number of hydrogen-bond donors (Lipinski definition) is 2. The van der Waals surface area contributed by atoms with E-state index in [1.54, 1.807) is 24.3 Å². The standard InChI is InChI=1S/C24H24N2O3S/c1-17-9-13-20(14-10-17)26-30(28,29)21-15-11-19(12-16-21)24(27)25-23-8-4-6-18-5-2-3-7-22(18)23/h2-3,5,7,9-16,23,26H,4,6,8H2,1H3,(H,25,27)/t23-/m1/s1. The van der Waals surface area contributed by atoms with E-state index in [1.165, 1.54) is 23.3 Å². The van der Waals surface area contributed by atoms with Crippen LogP contribution in [0.15, 0.2) is 77.7 Å². The molecule has 0 radical (unpaired) electrons. The molecule has 1 aliphatic carbocycles. The van der Waals surface area contributed by atoms with Gasteiger partial charge in [0.2, 0.25) is 0 Å². The molecule has 1 atom stereocenters. The topological polar surface area (TPSA) is 75.3 Å². The molecule has 2 N–H and O–H groups in total. The van der Waals surface area contributed by atoms with Crippen molar-refractivity contribution in [1.82, 2.24) is 5.32 Å². The van der Waals surface area contributed by atoms with Gasteiger partial charge in [0.25, 0.3) is 15.9 Å². The lowest BCUT2D eigenvalue weighted by molar-refractivity contribution is 0.0932. The zero-order valence-corrected chi connectivity index (χ0v) is 17.6. The molecule has 5 nitrogen and oxygen atoms in total. The molecule has 3 aromatic rings. The number of nitrogens with one attached hydrogen (secondary N) is 2. The van der Waals surface area contributed by atoms with Gasteiger partial charge in [-0.2, -0.15) is 0 Å². The Bertz CT molecular complexity index is 1150. The van der Waals surface area contributed by atoms with Gasteiger partial charge < -0.3 is 5.32 Å². The van der Waals surface area contributed by atoms with Gasteiger partial charge in [0.05, 0.1) is 10.9 Å². The van der Waals surface area contributed by atoms with E-state index >= 15 is 0 Å². The van der Waals surface area contributed by atoms with E-state index in [0.29, 0.717) is 11.3 Å². The molecule has 0 fully saturated rings. The third-order valence-electron chi connectivity index (χ3n) is 5.41. The third kappa shape index (κ3) is 4.39. The number of anilines is 1. The summed E-state index contributed by atoms with van der Waals surface area (Å²) in [5, 5.41) is 3.09. The molecule has 30 heavy (non-hydrogen) atoms. The SMILES string of the molecule is Cc1ccc(NS(=O)(=O)c2ccc(C(=O)N[C@@H]3CCCc4ccccc43)cc2)cc1. The van der Waals surface area contributed by atoms with Crippen LogP contribution in [0.3, 0.4) is 0 Å². The van der Waals surface area contributed by atoms with Crippen molar-refractivity contribution in [2.24, 2.45) is 0 Å². The number of amides is 1. The van der Waals surface area contributed by atoms with Gasteiger partial charge >= 0.3 is 0 Å². The van der Waals surface area contributed by atoms with E-state index in [2.05, 4.69) is 22.2 Å². The minimum absolute atomic E-state index is 0.0194. The maximum absolute atomic E-state index is 12.7. The number of hydrogen-bond acceptors (Lipinski definition) is 3. The molecule has 0 spiro atoms. The van der Waals surface area contributed by atoms with Crippen LogP contribution in [0.4, 0.5) is 5.69 Å². The Balaban J connectivity index is 1.47. The number of rotatable bonds is 5. The molecule has 154 valence electrons. The molecule has 0 saturated heterocycles. The molecule has 0 saturated carbocycles. The van der Waals surface area contributed by atoms with E-state index in [1.807, 2.05) is 31.2 Å². The molecule has 4 rings (SSSR count). The second kappa shape index (κ2) is 8.32. The second-order valence-electron chi connectivity index (χ2n) is 7.61. The second-order valence-corrected chi connectivity index (χ2v) is 9.30. The minimum atomic E-state index is -3.72. The summed E-state index contributed by atoms with van der Waals surface area (Å²) in [7, 11) is -3.72. The fraction of sp³-hybridized carbons (Fsp3) is 0.208. The minimum Gasteiger partial charge on any atom is -0.345 e. The van der Waals surface area contributed by atoms with Crippen LogP contribution < -0.4 is 10.0 Å². The maximum atomic E-state index is 12.7. The Morgan fingerprint density at radius 1 is 0.933 bits per heavy atom. The highest BCUT2D eigenvalue weighted by molar-refractivity contribution is 7.92. The Hall–Kier alpha value is -3.12. The van der Waals surface area contributed by atoms with Gasteiger partial charge in [0, 0.05) is 11.3 Å². The first-order valence-electron chi connectivity index (χ1n) is 10.0. The van der Waals surface area contributed by atoms with E-state index in [0.717, 1.165) is 24.8 Å². The van der Waals surface area contributed by atoms with Crippen molar-refractivity contribution in [2.75, 3.05) is 4.72 Å². The van der Waals surface area contributed by atoms with Crippen molar-refractivity contribution in [3.05, 3.63) is 95.1 Å². The molecule has 0 unspecified atom stereocenters. The molecule has 0 heterocycles. The van der Waals surface area contributed by atoms with Gasteiger partial charge in [0.1, 0.15) is 0 Å². The van der Waals surface area contributed by atoms with Gasteiger partial charge in [-0.15, -0.1) is 0 Å². The van der Waals surface area contributed by atoms with Crippen LogP contribution >= 0.6 is 0 Å². The van der Waals surface area contributed by atoms with Gasteiger partial charge in [-0.3, -0.25) is 9.52 Å². The van der Waals surface area contributed by atoms with Crippen molar-refractivity contribution in [2.45, 2.75) is 37.1 Å². The molecule has 1 aliphatic rings. The van der Waals surface area contributed by atoms with Gasteiger partial charge in [-0.25, -0.2) is 8.42 Å². The number of benzene rings is 3. The zero-order valence-electron chi connectivity index (χ0n) is 16.8. The molecule has 1 amide bonds.